The lowest BCUT2D eigenvalue weighted by Crippen LogP contribution is -2.41. The molecule has 0 heterocycles. The molecule has 0 aliphatic heterocycles. The lowest BCUT2D eigenvalue weighted by atomic mass is 9.91. The monoisotopic (exact) mass is 392 g/mol. The molecule has 1 aromatic carbocycles. The van der Waals surface area contributed by atoms with E-state index in [1.807, 2.05) is 5.32 Å². The number of rotatable bonds is 6. The van der Waals surface area contributed by atoms with Crippen molar-refractivity contribution in [1.29, 1.82) is 0 Å². The number of anilines is 1. The van der Waals surface area contributed by atoms with Crippen LogP contribution in [-0.4, -0.2) is 31.2 Å². The van der Waals surface area contributed by atoms with Crippen LogP contribution in [0.1, 0.15) is 58.7 Å². The van der Waals surface area contributed by atoms with Crippen LogP contribution >= 0.6 is 0 Å². The lowest BCUT2D eigenvalue weighted by Gasteiger charge is -2.31. The summed E-state index contributed by atoms with van der Waals surface area (Å²) in [5, 5.41) is 20.7. The van der Waals surface area contributed by atoms with Gasteiger partial charge in [0.25, 0.3) is 0 Å². The average molecular weight is 392 g/mol. The van der Waals surface area contributed by atoms with Gasteiger partial charge in [-0.05, 0) is 65.3 Å². The van der Waals surface area contributed by atoms with E-state index in [-0.39, 0.29) is 5.69 Å². The zero-order chi connectivity index (χ0) is 20.5. The Hall–Kier alpha value is -1.42. The summed E-state index contributed by atoms with van der Waals surface area (Å²) in [6.07, 6.45) is -1.40. The van der Waals surface area contributed by atoms with Crippen LogP contribution < -0.4 is 10.0 Å². The van der Waals surface area contributed by atoms with Crippen LogP contribution in [0.4, 0.5) is 19.3 Å². The topological polar surface area (TPSA) is 105 Å². The second-order valence-electron chi connectivity index (χ2n) is 7.63. The third-order valence-electron chi connectivity index (χ3n) is 3.68. The summed E-state index contributed by atoms with van der Waals surface area (Å²) in [7, 11) is 0. The van der Waals surface area contributed by atoms with Crippen molar-refractivity contribution in [3.05, 3.63) is 29.3 Å². The molecule has 1 unspecified atom stereocenters. The average Bonchev–Trinajstić information content (AvgIpc) is 2.43. The molecule has 4 N–H and O–H groups in total. The van der Waals surface area contributed by atoms with Crippen LogP contribution in [0.25, 0.3) is 0 Å². The maximum Gasteiger partial charge on any atom is 0.409 e. The fourth-order valence-corrected chi connectivity index (χ4v) is 2.85. The summed E-state index contributed by atoms with van der Waals surface area (Å²) in [5.74, 6) is -3.62. The first-order valence-electron chi connectivity index (χ1n) is 7.99. The summed E-state index contributed by atoms with van der Waals surface area (Å²) in [5.41, 5.74) is -2.64. The van der Waals surface area contributed by atoms with Gasteiger partial charge in [0, 0.05) is 22.6 Å². The zero-order valence-corrected chi connectivity index (χ0v) is 16.5. The molecule has 6 nitrogen and oxygen atoms in total. The minimum atomic E-state index is -3.62. The number of benzene rings is 1. The highest BCUT2D eigenvalue weighted by molar-refractivity contribution is 7.90. The van der Waals surface area contributed by atoms with Crippen LogP contribution in [0.2, 0.25) is 0 Å². The highest BCUT2D eigenvalue weighted by Crippen LogP contribution is 2.40. The molecule has 0 saturated heterocycles. The molecule has 1 amide bonds. The van der Waals surface area contributed by atoms with E-state index in [0.717, 1.165) is 19.9 Å². The Kier molecular flexibility index (Phi) is 6.68. The Morgan fingerprint density at radius 2 is 1.73 bits per heavy atom. The second-order valence-corrected chi connectivity index (χ2v) is 9.63. The van der Waals surface area contributed by atoms with Crippen LogP contribution in [0, 0.1) is 0 Å². The molecule has 0 spiro atoms. The first-order chi connectivity index (χ1) is 11.6. The third-order valence-corrected chi connectivity index (χ3v) is 5.36. The van der Waals surface area contributed by atoms with E-state index in [2.05, 4.69) is 4.72 Å². The fourth-order valence-electron chi connectivity index (χ4n) is 2.04. The molecule has 0 fully saturated rings. The van der Waals surface area contributed by atoms with E-state index in [4.69, 9.17) is 5.11 Å². The van der Waals surface area contributed by atoms with Crippen LogP contribution in [0.5, 0.6) is 0 Å². The summed E-state index contributed by atoms with van der Waals surface area (Å²) in [6.45, 7) is 8.87. The van der Waals surface area contributed by atoms with Gasteiger partial charge in [0.1, 0.15) is 10.3 Å². The Morgan fingerprint density at radius 3 is 2.15 bits per heavy atom. The number of carboxylic acid groups (broad SMARTS) is 1. The Labute approximate surface area is 155 Å². The summed E-state index contributed by atoms with van der Waals surface area (Å²) < 4.78 is 43.7. The van der Waals surface area contributed by atoms with E-state index >= 15 is 0 Å². The van der Waals surface area contributed by atoms with Gasteiger partial charge in [-0.2, -0.15) is 8.78 Å². The first-order valence-corrected chi connectivity index (χ1v) is 9.14. The van der Waals surface area contributed by atoms with Crippen molar-refractivity contribution < 1.29 is 28.3 Å². The largest absolute Gasteiger partial charge is 0.598 e. The van der Waals surface area contributed by atoms with Crippen molar-refractivity contribution in [2.24, 2.45) is 0 Å². The Bertz CT molecular complexity index is 657. The van der Waals surface area contributed by atoms with Crippen molar-refractivity contribution in [2.75, 3.05) is 5.32 Å². The van der Waals surface area contributed by atoms with Crippen molar-refractivity contribution in [2.45, 2.75) is 63.9 Å². The predicted octanol–water partition coefficient (Wildman–Crippen LogP) is 3.75. The maximum atomic E-state index is 14.6. The molecule has 0 radical (unpaired) electrons. The predicted molar refractivity (Wildman–Crippen MR) is 97.7 cm³/mol. The molecule has 2 atom stereocenters. The normalized spacial score (nSPS) is 15.5. The van der Waals surface area contributed by atoms with E-state index in [1.165, 1.54) is 12.1 Å². The zero-order valence-electron chi connectivity index (χ0n) is 15.7. The van der Waals surface area contributed by atoms with Gasteiger partial charge in [-0.15, -0.1) is 4.72 Å². The molecule has 1 aromatic rings. The molecule has 0 aliphatic carbocycles. The van der Waals surface area contributed by atoms with Crippen molar-refractivity contribution in [3.8, 4) is 0 Å². The quantitative estimate of drug-likeness (QED) is 0.552. The molecule has 0 bridgehead atoms. The number of hydrogen-bond donors (Lipinski definition) is 4. The molecular weight excluding hydrogens is 366 g/mol. The fraction of sp³-hybridized carbons (Fsp3) is 0.588. The molecule has 0 saturated carbocycles. The summed E-state index contributed by atoms with van der Waals surface area (Å²) in [6, 6.07) is 2.93. The molecule has 0 aromatic heterocycles. The second kappa shape index (κ2) is 7.67. The number of amides is 1. The van der Waals surface area contributed by atoms with Crippen LogP contribution in [0.15, 0.2) is 18.2 Å². The van der Waals surface area contributed by atoms with E-state index in [0.29, 0.717) is 5.56 Å². The van der Waals surface area contributed by atoms with Crippen molar-refractivity contribution in [3.63, 3.8) is 0 Å². The van der Waals surface area contributed by atoms with Gasteiger partial charge < -0.3 is 14.8 Å². The maximum absolute atomic E-state index is 14.6. The number of hydrogen-bond acceptors (Lipinski definition) is 4. The van der Waals surface area contributed by atoms with Crippen LogP contribution in [0.3, 0.4) is 0 Å². The van der Waals surface area contributed by atoms with E-state index in [1.54, 1.807) is 27.7 Å². The third kappa shape index (κ3) is 5.54. The number of carbonyl (C=O) groups is 1. The number of nitrogens with one attached hydrogen (secondary N) is 2. The smallest absolute Gasteiger partial charge is 0.409 e. The Morgan fingerprint density at radius 1 is 1.19 bits per heavy atom. The number of alkyl halides is 2. The first kappa shape index (κ1) is 22.6. The van der Waals surface area contributed by atoms with Crippen molar-refractivity contribution in [1.82, 2.24) is 4.72 Å². The standard InChI is InChI=1S/C17H26F2N2O4S/c1-10(21-26(25)15(2,3)4)11-7-12(17(18,19)16(5,6)24)9-13(8-11)20-14(22)23/h7-10,20-21,24H,1-6H3,(H,22,23)/t10?,26-/m1/s1. The van der Waals surface area contributed by atoms with Gasteiger partial charge in [-0.25, -0.2) is 4.79 Å². The molecule has 1 rings (SSSR count). The van der Waals surface area contributed by atoms with Crippen molar-refractivity contribution >= 4 is 23.1 Å². The molecule has 9 heteroatoms. The van der Waals surface area contributed by atoms with Gasteiger partial charge in [-0.3, -0.25) is 5.32 Å². The SMILES string of the molecule is CC(N[S@+]([O-])C(C)(C)C)c1cc(NC(=O)O)cc(C(F)(F)C(C)(C)O)c1. The van der Waals surface area contributed by atoms with Gasteiger partial charge in [-0.1, -0.05) is 0 Å². The molecule has 148 valence electrons. The Balaban J connectivity index is 3.35. The molecule has 0 aliphatic rings. The lowest BCUT2D eigenvalue weighted by molar-refractivity contribution is -0.168. The molecular formula is C17H26F2N2O4S. The van der Waals surface area contributed by atoms with Gasteiger partial charge in [0.05, 0.1) is 6.04 Å². The summed E-state index contributed by atoms with van der Waals surface area (Å²) in [4.78, 5) is 10.9. The van der Waals surface area contributed by atoms with Crippen LogP contribution in [-0.2, 0) is 17.3 Å². The number of halogens is 2. The highest BCUT2D eigenvalue weighted by atomic mass is 32.2. The minimum absolute atomic E-state index is 0.0656. The van der Waals surface area contributed by atoms with E-state index < -0.39 is 45.3 Å². The van der Waals surface area contributed by atoms with E-state index in [9.17, 15) is 23.2 Å². The minimum Gasteiger partial charge on any atom is -0.598 e. The highest BCUT2D eigenvalue weighted by Gasteiger charge is 2.47. The molecule has 26 heavy (non-hydrogen) atoms. The van der Waals surface area contributed by atoms with Gasteiger partial charge >= 0.3 is 12.0 Å². The number of aliphatic hydroxyl groups is 1. The van der Waals surface area contributed by atoms with Gasteiger partial charge in [0.15, 0.2) is 0 Å². The van der Waals surface area contributed by atoms with Gasteiger partial charge in [0.2, 0.25) is 0 Å². The summed E-state index contributed by atoms with van der Waals surface area (Å²) >= 11 is -1.45.